The van der Waals surface area contributed by atoms with Crippen molar-refractivity contribution in [1.82, 2.24) is 0 Å². The molecule has 1 N–H and O–H groups in total. The minimum absolute atomic E-state index is 0.0623. The predicted molar refractivity (Wildman–Crippen MR) is 67.6 cm³/mol. The summed E-state index contributed by atoms with van der Waals surface area (Å²) in [7, 11) is 0. The van der Waals surface area contributed by atoms with Crippen LogP contribution in [0.4, 0.5) is 10.1 Å². The summed E-state index contributed by atoms with van der Waals surface area (Å²) in [5, 5.41) is 3.38. The summed E-state index contributed by atoms with van der Waals surface area (Å²) in [6.07, 6.45) is 0.858. The fourth-order valence-corrected chi connectivity index (χ4v) is 2.42. The zero-order valence-electron chi connectivity index (χ0n) is 9.70. The highest BCUT2D eigenvalue weighted by Gasteiger charge is 2.23. The Bertz CT molecular complexity index is 538. The van der Waals surface area contributed by atoms with Crippen LogP contribution < -0.4 is 5.32 Å². The van der Waals surface area contributed by atoms with Crippen LogP contribution in [-0.2, 0) is 6.42 Å². The summed E-state index contributed by atoms with van der Waals surface area (Å²) in [4.78, 5) is 0. The molecule has 0 radical (unpaired) electrons. The predicted octanol–water partition coefficient (Wildman–Crippen LogP) is 3.84. The largest absolute Gasteiger partial charge is 0.378 e. The number of para-hydroxylation sites is 1. The third-order valence-electron chi connectivity index (χ3n) is 3.30. The lowest BCUT2D eigenvalue weighted by molar-refractivity contribution is 0.595. The van der Waals surface area contributed by atoms with Crippen molar-refractivity contribution in [2.45, 2.75) is 19.4 Å². The fraction of sp³-hybridized carbons (Fsp3) is 0.200. The Morgan fingerprint density at radius 3 is 2.82 bits per heavy atom. The Morgan fingerprint density at radius 1 is 1.18 bits per heavy atom. The quantitative estimate of drug-likeness (QED) is 0.780. The molecule has 1 atom stereocenters. The number of halogens is 1. The molecule has 17 heavy (non-hydrogen) atoms. The molecule has 2 aromatic rings. The summed E-state index contributed by atoms with van der Waals surface area (Å²) >= 11 is 0. The Labute approximate surface area is 100 Å². The highest BCUT2D eigenvalue weighted by molar-refractivity contribution is 5.58. The van der Waals surface area contributed by atoms with Crippen molar-refractivity contribution >= 4 is 5.69 Å². The van der Waals surface area contributed by atoms with Crippen molar-refractivity contribution in [3.05, 3.63) is 65.0 Å². The van der Waals surface area contributed by atoms with Crippen molar-refractivity contribution in [2.24, 2.45) is 0 Å². The van der Waals surface area contributed by atoms with Gasteiger partial charge in [-0.3, -0.25) is 0 Å². The number of benzene rings is 2. The molecule has 1 heterocycles. The number of hydrogen-bond donors (Lipinski definition) is 1. The number of hydrogen-bond acceptors (Lipinski definition) is 1. The molecule has 2 aromatic carbocycles. The molecule has 0 aromatic heterocycles. The third kappa shape index (κ3) is 1.80. The monoisotopic (exact) mass is 227 g/mol. The zero-order chi connectivity index (χ0) is 11.8. The van der Waals surface area contributed by atoms with Crippen LogP contribution in [0.2, 0.25) is 0 Å². The normalized spacial score (nSPS) is 17.6. The summed E-state index contributed by atoms with van der Waals surface area (Å²) in [6, 6.07) is 13.5. The first kappa shape index (κ1) is 10.3. The number of nitrogens with one attached hydrogen (secondary N) is 1. The SMILES string of the molecule is Cc1ccc(F)c(C2Cc3ccccc3N2)c1. The molecule has 3 rings (SSSR count). The van der Waals surface area contributed by atoms with E-state index in [1.165, 1.54) is 5.56 Å². The van der Waals surface area contributed by atoms with E-state index in [4.69, 9.17) is 0 Å². The summed E-state index contributed by atoms with van der Waals surface area (Å²) < 4.78 is 13.8. The first-order chi connectivity index (χ1) is 8.24. The Morgan fingerprint density at radius 2 is 2.00 bits per heavy atom. The molecule has 2 heteroatoms. The van der Waals surface area contributed by atoms with E-state index in [0.717, 1.165) is 23.2 Å². The van der Waals surface area contributed by atoms with Gasteiger partial charge in [-0.15, -0.1) is 0 Å². The van der Waals surface area contributed by atoms with Crippen molar-refractivity contribution in [3.8, 4) is 0 Å². The topological polar surface area (TPSA) is 12.0 Å². The second-order valence-electron chi connectivity index (χ2n) is 4.58. The van der Waals surface area contributed by atoms with E-state index in [1.54, 1.807) is 12.1 Å². The molecule has 0 fully saturated rings. The molecule has 0 aliphatic carbocycles. The molecule has 0 saturated heterocycles. The van der Waals surface area contributed by atoms with E-state index in [1.807, 2.05) is 31.2 Å². The van der Waals surface area contributed by atoms with Crippen LogP contribution in [0.3, 0.4) is 0 Å². The molecular formula is C15H14FN. The number of rotatable bonds is 1. The average Bonchev–Trinajstić information content (AvgIpc) is 2.75. The second-order valence-corrected chi connectivity index (χ2v) is 4.58. The van der Waals surface area contributed by atoms with Gasteiger partial charge in [0.05, 0.1) is 6.04 Å². The zero-order valence-corrected chi connectivity index (χ0v) is 9.70. The van der Waals surface area contributed by atoms with Crippen LogP contribution in [0.1, 0.15) is 22.7 Å². The van der Waals surface area contributed by atoms with Gasteiger partial charge < -0.3 is 5.32 Å². The molecule has 0 saturated carbocycles. The Hall–Kier alpha value is -1.83. The van der Waals surface area contributed by atoms with E-state index in [-0.39, 0.29) is 11.9 Å². The standard InChI is InChI=1S/C15H14FN/c1-10-6-7-13(16)12(8-10)15-9-11-4-2-3-5-14(11)17-15/h2-8,15,17H,9H2,1H3. The van der Waals surface area contributed by atoms with Gasteiger partial charge in [0.2, 0.25) is 0 Å². The van der Waals surface area contributed by atoms with Crippen LogP contribution in [0.25, 0.3) is 0 Å². The first-order valence-corrected chi connectivity index (χ1v) is 5.84. The molecule has 1 unspecified atom stereocenters. The molecule has 0 spiro atoms. The molecule has 1 aliphatic heterocycles. The van der Waals surface area contributed by atoms with Crippen molar-refractivity contribution in [2.75, 3.05) is 5.32 Å². The van der Waals surface area contributed by atoms with Crippen LogP contribution >= 0.6 is 0 Å². The van der Waals surface area contributed by atoms with Crippen molar-refractivity contribution < 1.29 is 4.39 Å². The summed E-state index contributed by atoms with van der Waals surface area (Å²) in [6.45, 7) is 1.99. The fourth-order valence-electron chi connectivity index (χ4n) is 2.42. The molecule has 0 amide bonds. The minimum Gasteiger partial charge on any atom is -0.378 e. The average molecular weight is 227 g/mol. The smallest absolute Gasteiger partial charge is 0.128 e. The van der Waals surface area contributed by atoms with Gasteiger partial charge in [0.15, 0.2) is 0 Å². The van der Waals surface area contributed by atoms with Gasteiger partial charge >= 0.3 is 0 Å². The van der Waals surface area contributed by atoms with Gasteiger partial charge in [-0.2, -0.15) is 0 Å². The van der Waals surface area contributed by atoms with Crippen LogP contribution in [0, 0.1) is 12.7 Å². The van der Waals surface area contributed by atoms with Gasteiger partial charge in [-0.1, -0.05) is 35.9 Å². The minimum atomic E-state index is -0.124. The van der Waals surface area contributed by atoms with E-state index in [0.29, 0.717) is 0 Å². The Balaban J connectivity index is 1.96. The van der Waals surface area contributed by atoms with Crippen LogP contribution in [0.15, 0.2) is 42.5 Å². The lowest BCUT2D eigenvalue weighted by Gasteiger charge is -2.13. The second kappa shape index (κ2) is 3.88. The Kier molecular flexibility index (Phi) is 2.36. The molecule has 1 aliphatic rings. The molecule has 1 nitrogen and oxygen atoms in total. The van der Waals surface area contributed by atoms with E-state index in [9.17, 15) is 4.39 Å². The lowest BCUT2D eigenvalue weighted by atomic mass is 10.0. The number of anilines is 1. The van der Waals surface area contributed by atoms with Gasteiger partial charge in [-0.05, 0) is 31.0 Å². The summed E-state index contributed by atoms with van der Waals surface area (Å²) in [5.41, 5.74) is 4.25. The first-order valence-electron chi connectivity index (χ1n) is 5.84. The highest BCUT2D eigenvalue weighted by atomic mass is 19.1. The maximum atomic E-state index is 13.8. The maximum Gasteiger partial charge on any atom is 0.128 e. The molecule has 0 bridgehead atoms. The molecule has 86 valence electrons. The van der Waals surface area contributed by atoms with Crippen molar-refractivity contribution in [3.63, 3.8) is 0 Å². The number of aryl methyl sites for hydroxylation is 1. The van der Waals surface area contributed by atoms with Gasteiger partial charge in [0.25, 0.3) is 0 Å². The van der Waals surface area contributed by atoms with E-state index < -0.39 is 0 Å². The van der Waals surface area contributed by atoms with Crippen LogP contribution in [0.5, 0.6) is 0 Å². The number of fused-ring (bicyclic) bond motifs is 1. The van der Waals surface area contributed by atoms with Crippen LogP contribution in [-0.4, -0.2) is 0 Å². The van der Waals surface area contributed by atoms with Gasteiger partial charge in [-0.25, -0.2) is 4.39 Å². The van der Waals surface area contributed by atoms with Gasteiger partial charge in [0, 0.05) is 11.3 Å². The lowest BCUT2D eigenvalue weighted by Crippen LogP contribution is -2.08. The summed E-state index contributed by atoms with van der Waals surface area (Å²) in [5.74, 6) is -0.124. The highest BCUT2D eigenvalue weighted by Crippen LogP contribution is 2.34. The van der Waals surface area contributed by atoms with Gasteiger partial charge in [0.1, 0.15) is 5.82 Å². The third-order valence-corrected chi connectivity index (χ3v) is 3.30. The van der Waals surface area contributed by atoms with Crippen molar-refractivity contribution in [1.29, 1.82) is 0 Å². The molecular weight excluding hydrogens is 213 g/mol. The maximum absolute atomic E-state index is 13.8. The van der Waals surface area contributed by atoms with E-state index in [2.05, 4.69) is 11.4 Å². The van der Waals surface area contributed by atoms with E-state index >= 15 is 0 Å².